The van der Waals surface area contributed by atoms with Crippen molar-refractivity contribution in [2.24, 2.45) is 17.8 Å². The highest BCUT2D eigenvalue weighted by Gasteiger charge is 2.38. The highest BCUT2D eigenvalue weighted by Crippen LogP contribution is 2.41. The maximum Gasteiger partial charge on any atom is 0.320 e. The van der Waals surface area contributed by atoms with Crippen LogP contribution in [-0.2, 0) is 11.2 Å². The minimum Gasteiger partial charge on any atom is -0.480 e. The molecule has 0 radical (unpaired) electrons. The minimum atomic E-state index is -0.741. The molecule has 1 saturated heterocycles. The van der Waals surface area contributed by atoms with Gasteiger partial charge < -0.3 is 15.3 Å². The summed E-state index contributed by atoms with van der Waals surface area (Å²) in [6.45, 7) is 7.45. The third kappa shape index (κ3) is 8.37. The first-order valence-electron chi connectivity index (χ1n) is 14.8. The van der Waals surface area contributed by atoms with Crippen LogP contribution in [0.15, 0.2) is 48.5 Å². The average Bonchev–Trinajstić information content (AvgIpc) is 3.31. The van der Waals surface area contributed by atoms with Crippen LogP contribution in [0.5, 0.6) is 0 Å². The van der Waals surface area contributed by atoms with Crippen molar-refractivity contribution >= 4 is 5.97 Å². The number of carboxylic acid groups (broad SMARTS) is 1. The Kier molecular flexibility index (Phi) is 10.5. The second-order valence-corrected chi connectivity index (χ2v) is 12.2. The van der Waals surface area contributed by atoms with E-state index in [1.54, 1.807) is 6.07 Å². The number of hydrogen-bond donors (Lipinski definition) is 2. The van der Waals surface area contributed by atoms with Gasteiger partial charge in [0.25, 0.3) is 0 Å². The van der Waals surface area contributed by atoms with Crippen LogP contribution in [-0.4, -0.2) is 47.7 Å². The molecule has 1 aliphatic heterocycles. The third-order valence-corrected chi connectivity index (χ3v) is 8.80. The molecule has 1 heterocycles. The van der Waals surface area contributed by atoms with Crippen LogP contribution in [0.4, 0.5) is 4.39 Å². The molecular formula is C33H44FN3O2. The maximum absolute atomic E-state index is 13.9. The van der Waals surface area contributed by atoms with Gasteiger partial charge in [0.1, 0.15) is 17.9 Å². The van der Waals surface area contributed by atoms with Gasteiger partial charge in [-0.2, -0.15) is 5.26 Å². The number of aliphatic carboxylic acids is 1. The number of nitriles is 1. The summed E-state index contributed by atoms with van der Waals surface area (Å²) in [5.74, 6) is 0.852. The first-order chi connectivity index (χ1) is 18.8. The first-order valence-corrected chi connectivity index (χ1v) is 14.8. The number of hydrogen-bond acceptors (Lipinski definition) is 4. The van der Waals surface area contributed by atoms with Crippen LogP contribution in [0.25, 0.3) is 0 Å². The molecule has 4 atom stereocenters. The molecule has 0 spiro atoms. The van der Waals surface area contributed by atoms with Crippen molar-refractivity contribution in [2.75, 3.05) is 19.6 Å². The van der Waals surface area contributed by atoms with Gasteiger partial charge in [0, 0.05) is 12.6 Å². The fourth-order valence-corrected chi connectivity index (χ4v) is 6.76. The Balaban J connectivity index is 1.28. The Morgan fingerprint density at radius 3 is 2.54 bits per heavy atom. The molecule has 39 heavy (non-hydrogen) atoms. The quantitative estimate of drug-likeness (QED) is 0.331. The summed E-state index contributed by atoms with van der Waals surface area (Å²) < 4.78 is 13.9. The first kappa shape index (κ1) is 29.2. The van der Waals surface area contributed by atoms with Gasteiger partial charge in [0.15, 0.2) is 0 Å². The summed E-state index contributed by atoms with van der Waals surface area (Å²) in [6, 6.07) is 17.4. The van der Waals surface area contributed by atoms with Crippen molar-refractivity contribution in [3.8, 4) is 6.07 Å². The number of aryl methyl sites for hydroxylation is 1. The zero-order chi connectivity index (χ0) is 27.8. The fraction of sp³-hybridized carbons (Fsp3) is 0.576. The predicted molar refractivity (Wildman–Crippen MR) is 153 cm³/mol. The highest BCUT2D eigenvalue weighted by molar-refractivity contribution is 5.73. The molecule has 2 N–H and O–H groups in total. The van der Waals surface area contributed by atoms with Crippen molar-refractivity contribution in [1.29, 1.82) is 5.26 Å². The molecule has 2 aliphatic rings. The molecular weight excluding hydrogens is 489 g/mol. The van der Waals surface area contributed by atoms with E-state index >= 15 is 0 Å². The van der Waals surface area contributed by atoms with E-state index in [9.17, 15) is 14.3 Å². The average molecular weight is 534 g/mol. The van der Waals surface area contributed by atoms with E-state index in [-0.39, 0.29) is 11.6 Å². The molecule has 2 aromatic carbocycles. The Labute approximate surface area is 233 Å². The highest BCUT2D eigenvalue weighted by atomic mass is 19.1. The van der Waals surface area contributed by atoms with Crippen LogP contribution in [0.3, 0.4) is 0 Å². The molecule has 6 heteroatoms. The van der Waals surface area contributed by atoms with Gasteiger partial charge in [-0.15, -0.1) is 0 Å². The monoisotopic (exact) mass is 533 g/mol. The van der Waals surface area contributed by atoms with Gasteiger partial charge in [-0.05, 0) is 105 Å². The lowest BCUT2D eigenvalue weighted by molar-refractivity contribution is -0.140. The summed E-state index contributed by atoms with van der Waals surface area (Å²) in [4.78, 5) is 14.5. The molecule has 210 valence electrons. The molecule has 4 rings (SSSR count). The maximum atomic E-state index is 13.9. The third-order valence-electron chi connectivity index (χ3n) is 8.80. The van der Waals surface area contributed by atoms with E-state index < -0.39 is 17.8 Å². The van der Waals surface area contributed by atoms with E-state index in [0.29, 0.717) is 30.1 Å². The van der Waals surface area contributed by atoms with Gasteiger partial charge in [0.2, 0.25) is 0 Å². The van der Waals surface area contributed by atoms with Gasteiger partial charge in [-0.3, -0.25) is 4.79 Å². The van der Waals surface area contributed by atoms with Crippen LogP contribution in [0, 0.1) is 34.9 Å². The lowest BCUT2D eigenvalue weighted by Crippen LogP contribution is -2.43. The predicted octanol–water partition coefficient (Wildman–Crippen LogP) is 6.38. The van der Waals surface area contributed by atoms with Gasteiger partial charge in [-0.25, -0.2) is 4.39 Å². The SMILES string of the molecule is CC(C)CC(NC1C[C@H](CN2CCC(CCCc3ccc(C#N)c(F)c3)CC2)[C@@H](c2ccccc2)C1)C(=O)O. The van der Waals surface area contributed by atoms with E-state index in [0.717, 1.165) is 57.3 Å². The Hall–Kier alpha value is -2.75. The number of carboxylic acids is 1. The summed E-state index contributed by atoms with van der Waals surface area (Å²) in [5.41, 5.74) is 2.46. The van der Waals surface area contributed by atoms with Crippen LogP contribution < -0.4 is 5.32 Å². The van der Waals surface area contributed by atoms with Gasteiger partial charge in [0.05, 0.1) is 5.56 Å². The number of benzene rings is 2. The topological polar surface area (TPSA) is 76.4 Å². The molecule has 0 amide bonds. The fourth-order valence-electron chi connectivity index (χ4n) is 6.76. The minimum absolute atomic E-state index is 0.113. The molecule has 5 nitrogen and oxygen atoms in total. The Morgan fingerprint density at radius 2 is 1.90 bits per heavy atom. The summed E-state index contributed by atoms with van der Waals surface area (Å²) in [6.07, 6.45) is 8.11. The molecule has 2 unspecified atom stereocenters. The Bertz CT molecular complexity index is 1110. The van der Waals surface area contributed by atoms with Crippen molar-refractivity contribution in [2.45, 2.75) is 83.2 Å². The molecule has 2 fully saturated rings. The lowest BCUT2D eigenvalue weighted by atomic mass is 9.87. The van der Waals surface area contributed by atoms with Crippen molar-refractivity contribution in [1.82, 2.24) is 10.2 Å². The zero-order valence-corrected chi connectivity index (χ0v) is 23.5. The van der Waals surface area contributed by atoms with E-state index in [2.05, 4.69) is 54.4 Å². The van der Waals surface area contributed by atoms with Gasteiger partial charge in [-0.1, -0.05) is 56.7 Å². The van der Waals surface area contributed by atoms with E-state index in [4.69, 9.17) is 5.26 Å². The normalized spacial score (nSPS) is 23.1. The summed E-state index contributed by atoms with van der Waals surface area (Å²) in [7, 11) is 0. The van der Waals surface area contributed by atoms with Gasteiger partial charge >= 0.3 is 5.97 Å². The number of nitrogens with one attached hydrogen (secondary N) is 1. The molecule has 1 saturated carbocycles. The van der Waals surface area contributed by atoms with Crippen LogP contribution in [0.1, 0.15) is 81.4 Å². The van der Waals surface area contributed by atoms with E-state index in [1.165, 1.54) is 24.5 Å². The summed E-state index contributed by atoms with van der Waals surface area (Å²) >= 11 is 0. The van der Waals surface area contributed by atoms with Crippen molar-refractivity contribution in [3.05, 3.63) is 71.0 Å². The van der Waals surface area contributed by atoms with Crippen molar-refractivity contribution in [3.63, 3.8) is 0 Å². The second kappa shape index (κ2) is 14.1. The summed E-state index contributed by atoms with van der Waals surface area (Å²) in [5, 5.41) is 22.2. The number of nitrogens with zero attached hydrogens (tertiary/aromatic N) is 2. The molecule has 0 bridgehead atoms. The lowest BCUT2D eigenvalue weighted by Gasteiger charge is -2.35. The van der Waals surface area contributed by atoms with Crippen molar-refractivity contribution < 1.29 is 14.3 Å². The molecule has 2 aromatic rings. The van der Waals surface area contributed by atoms with Crippen LogP contribution in [0.2, 0.25) is 0 Å². The Morgan fingerprint density at radius 1 is 1.15 bits per heavy atom. The molecule has 1 aliphatic carbocycles. The number of piperidine rings is 1. The smallest absolute Gasteiger partial charge is 0.320 e. The van der Waals surface area contributed by atoms with Crippen LogP contribution >= 0.6 is 0 Å². The number of likely N-dealkylation sites (tertiary alicyclic amines) is 1. The number of rotatable bonds is 12. The van der Waals surface area contributed by atoms with E-state index in [1.807, 2.05) is 12.1 Å². The molecule has 0 aromatic heterocycles. The number of halogens is 1. The largest absolute Gasteiger partial charge is 0.480 e. The second-order valence-electron chi connectivity index (χ2n) is 12.2. The standard InChI is InChI=1S/C33H44FN3O2/c1-23(2)17-32(33(38)39)36-29-19-28(30(20-29)26-9-4-3-5-10-26)22-37-15-13-24(14-16-37)7-6-8-25-11-12-27(21-35)31(34)18-25/h3-5,9-12,18,23-24,28-30,32,36H,6-8,13-17,19-20,22H2,1-2H3,(H,38,39)/t28-,29?,30-,32?/m1/s1. The number of carbonyl (C=O) groups is 1. The zero-order valence-electron chi connectivity index (χ0n) is 23.5.